The molecular formula is C108H68. The molecule has 0 atom stereocenters. The summed E-state index contributed by atoms with van der Waals surface area (Å²) in [4.78, 5) is 0. The largest absolute Gasteiger partial charge is 0.0622 e. The number of rotatable bonds is 10. The molecule has 0 aliphatic heterocycles. The van der Waals surface area contributed by atoms with E-state index in [0.29, 0.717) is 0 Å². The fourth-order valence-electron chi connectivity index (χ4n) is 17.7. The highest BCUT2D eigenvalue weighted by Gasteiger charge is 2.25. The van der Waals surface area contributed by atoms with Crippen LogP contribution in [-0.2, 0) is 0 Å². The fourth-order valence-corrected chi connectivity index (χ4v) is 17.7. The van der Waals surface area contributed by atoms with Crippen molar-refractivity contribution in [3.8, 4) is 111 Å². The molecule has 0 radical (unpaired) electrons. The maximum atomic E-state index is 2.45. The maximum Gasteiger partial charge on any atom is -0.00139 e. The van der Waals surface area contributed by atoms with E-state index in [0.717, 1.165) is 0 Å². The van der Waals surface area contributed by atoms with Gasteiger partial charge in [-0.05, 0) is 261 Å². The average Bonchev–Trinajstić information content (AvgIpc) is 0.710. The SMILES string of the molecule is c1ccc(-c2cc(-c3ccc(-c4cccc5ccccc45)cc3)c3ccc4c(-c5ccccc5)cc(-c5ccc6ccccc6c5)c5ccc2c3c45)cc1.c1ccc(-c2ccccc2-c2cc(-c3ccc4ccccc4c3)c3ccc4c(-c5ccccc5)cc(-c5ccc6ccccc6c5)c5ccc2c3c45)cc1. The predicted molar refractivity (Wildman–Crippen MR) is 465 cm³/mol. The lowest BCUT2D eigenvalue weighted by Crippen LogP contribution is -1.95. The van der Waals surface area contributed by atoms with E-state index >= 15 is 0 Å². The summed E-state index contributed by atoms with van der Waals surface area (Å²) in [7, 11) is 0. The molecule has 108 heavy (non-hydrogen) atoms. The van der Waals surface area contributed by atoms with Gasteiger partial charge in [0, 0.05) is 0 Å². The number of hydrogen-bond donors (Lipinski definition) is 0. The van der Waals surface area contributed by atoms with Crippen molar-refractivity contribution in [2.75, 3.05) is 0 Å². The zero-order valence-corrected chi connectivity index (χ0v) is 59.3. The highest BCUT2D eigenvalue weighted by molar-refractivity contribution is 6.34. The minimum absolute atomic E-state index is 1.21. The molecule has 22 aromatic carbocycles. The molecule has 22 rings (SSSR count). The second-order valence-electron chi connectivity index (χ2n) is 28.8. The van der Waals surface area contributed by atoms with Gasteiger partial charge in [0.1, 0.15) is 0 Å². The van der Waals surface area contributed by atoms with Crippen molar-refractivity contribution in [3.05, 3.63) is 413 Å². The number of benzene rings is 22. The Morgan fingerprint density at radius 2 is 0.324 bits per heavy atom. The van der Waals surface area contributed by atoms with Gasteiger partial charge in [-0.15, -0.1) is 0 Å². The van der Waals surface area contributed by atoms with E-state index in [1.54, 1.807) is 0 Å². The van der Waals surface area contributed by atoms with Gasteiger partial charge in [-0.25, -0.2) is 0 Å². The molecule has 0 saturated carbocycles. The summed E-state index contributed by atoms with van der Waals surface area (Å²) in [6, 6.07) is 152. The first-order valence-corrected chi connectivity index (χ1v) is 37.5. The van der Waals surface area contributed by atoms with Crippen molar-refractivity contribution in [1.82, 2.24) is 0 Å². The molecule has 0 aliphatic carbocycles. The minimum Gasteiger partial charge on any atom is -0.0622 e. The Morgan fingerprint density at radius 1 is 0.0926 bits per heavy atom. The van der Waals surface area contributed by atoms with Crippen molar-refractivity contribution in [2.24, 2.45) is 0 Å². The van der Waals surface area contributed by atoms with E-state index < -0.39 is 0 Å². The third-order valence-corrected chi connectivity index (χ3v) is 22.8. The summed E-state index contributed by atoms with van der Waals surface area (Å²) >= 11 is 0. The molecule has 0 N–H and O–H groups in total. The monoisotopic (exact) mass is 1360 g/mol. The summed E-state index contributed by atoms with van der Waals surface area (Å²) in [6.45, 7) is 0. The van der Waals surface area contributed by atoms with Gasteiger partial charge in [0.25, 0.3) is 0 Å². The Kier molecular flexibility index (Phi) is 15.0. The molecular weight excluding hydrogens is 1300 g/mol. The highest BCUT2D eigenvalue weighted by Crippen LogP contribution is 2.52. The van der Waals surface area contributed by atoms with Crippen LogP contribution in [0.5, 0.6) is 0 Å². The van der Waals surface area contributed by atoms with Crippen molar-refractivity contribution >= 4 is 108 Å². The molecule has 0 saturated heterocycles. The summed E-state index contributed by atoms with van der Waals surface area (Å²) in [5.74, 6) is 0. The smallest absolute Gasteiger partial charge is 0.00139 e. The van der Waals surface area contributed by atoms with Crippen molar-refractivity contribution in [1.29, 1.82) is 0 Å². The molecule has 0 heterocycles. The van der Waals surface area contributed by atoms with E-state index in [1.165, 1.54) is 219 Å². The van der Waals surface area contributed by atoms with Gasteiger partial charge in [-0.2, -0.15) is 0 Å². The third kappa shape index (κ3) is 10.6. The first kappa shape index (κ1) is 62.5. The number of hydrogen-bond acceptors (Lipinski definition) is 0. The molecule has 0 bridgehead atoms. The highest BCUT2D eigenvalue weighted by atomic mass is 14.3. The predicted octanol–water partition coefficient (Wildman–Crippen LogP) is 30.5. The molecule has 0 heteroatoms. The molecule has 0 aromatic heterocycles. The van der Waals surface area contributed by atoms with Gasteiger partial charge in [0.2, 0.25) is 0 Å². The van der Waals surface area contributed by atoms with Gasteiger partial charge in [0.15, 0.2) is 0 Å². The molecule has 0 nitrogen and oxygen atoms in total. The van der Waals surface area contributed by atoms with Crippen LogP contribution in [0, 0.1) is 0 Å². The topological polar surface area (TPSA) is 0 Å². The van der Waals surface area contributed by atoms with E-state index in [9.17, 15) is 0 Å². The third-order valence-electron chi connectivity index (χ3n) is 22.8. The Hall–Kier alpha value is -14.0. The second-order valence-corrected chi connectivity index (χ2v) is 28.8. The van der Waals surface area contributed by atoms with Crippen LogP contribution in [0.2, 0.25) is 0 Å². The van der Waals surface area contributed by atoms with E-state index in [-0.39, 0.29) is 0 Å². The molecule has 0 unspecified atom stereocenters. The van der Waals surface area contributed by atoms with E-state index in [4.69, 9.17) is 0 Å². The van der Waals surface area contributed by atoms with Crippen LogP contribution >= 0.6 is 0 Å². The van der Waals surface area contributed by atoms with Crippen LogP contribution in [-0.4, -0.2) is 0 Å². The van der Waals surface area contributed by atoms with Crippen LogP contribution in [0.1, 0.15) is 0 Å². The molecule has 0 aliphatic rings. The summed E-state index contributed by atoms with van der Waals surface area (Å²) < 4.78 is 0. The second kappa shape index (κ2) is 26.0. The maximum absolute atomic E-state index is 2.45. The average molecular weight is 1370 g/mol. The molecule has 0 amide bonds. The van der Waals surface area contributed by atoms with Crippen LogP contribution in [0.3, 0.4) is 0 Å². The fraction of sp³-hybridized carbons (Fsp3) is 0. The Balaban J connectivity index is 0.000000138. The van der Waals surface area contributed by atoms with Gasteiger partial charge >= 0.3 is 0 Å². The normalized spacial score (nSPS) is 11.7. The van der Waals surface area contributed by atoms with E-state index in [2.05, 4.69) is 413 Å². The van der Waals surface area contributed by atoms with Gasteiger partial charge in [-0.1, -0.05) is 370 Å². The lowest BCUT2D eigenvalue weighted by atomic mass is 9.81. The van der Waals surface area contributed by atoms with E-state index in [1.807, 2.05) is 0 Å². The summed E-state index contributed by atoms with van der Waals surface area (Å²) in [5.41, 5.74) is 24.8. The van der Waals surface area contributed by atoms with Crippen molar-refractivity contribution < 1.29 is 0 Å². The minimum atomic E-state index is 1.21. The van der Waals surface area contributed by atoms with Gasteiger partial charge in [-0.3, -0.25) is 0 Å². The Morgan fingerprint density at radius 3 is 0.694 bits per heavy atom. The zero-order chi connectivity index (χ0) is 71.2. The number of fused-ring (bicyclic) bond motifs is 4. The quantitative estimate of drug-likeness (QED) is 0.120. The molecule has 500 valence electrons. The Labute approximate surface area is 627 Å². The van der Waals surface area contributed by atoms with Crippen LogP contribution in [0.25, 0.3) is 219 Å². The van der Waals surface area contributed by atoms with Crippen LogP contribution in [0.4, 0.5) is 0 Å². The van der Waals surface area contributed by atoms with Crippen LogP contribution < -0.4 is 0 Å². The summed E-state index contributed by atoms with van der Waals surface area (Å²) in [5, 5.41) is 25.5. The molecule has 22 aromatic rings. The lowest BCUT2D eigenvalue weighted by molar-refractivity contribution is 1.60. The first-order chi connectivity index (χ1) is 53.6. The van der Waals surface area contributed by atoms with Crippen molar-refractivity contribution in [3.63, 3.8) is 0 Å². The molecule has 0 spiro atoms. The summed E-state index contributed by atoms with van der Waals surface area (Å²) in [6.07, 6.45) is 0. The first-order valence-electron chi connectivity index (χ1n) is 37.5. The van der Waals surface area contributed by atoms with Gasteiger partial charge in [0.05, 0.1) is 0 Å². The lowest BCUT2D eigenvalue weighted by Gasteiger charge is -2.22. The molecule has 0 fully saturated rings. The van der Waals surface area contributed by atoms with Gasteiger partial charge < -0.3 is 0 Å². The van der Waals surface area contributed by atoms with Crippen molar-refractivity contribution in [2.45, 2.75) is 0 Å². The standard InChI is InChI=1S/2C54H34/c1-3-15-37(16-4-1)43-21-11-12-22-44(43)52-34-51(42-26-24-36-14-8-10-20-40(36)32-42)47-28-27-45-49(38-17-5-2-6-18-38)33-50(46-29-30-48(52)54(47)53(45)46)41-25-23-35-13-7-9-19-39(35)31-41;1-3-13-37(14-4-1)49-33-51(40-25-23-39(24-26-40)44-21-11-19-36-17-9-10-20-43(36)44)47-29-28-46-50(38-15-5-2-6-16-38)34-52(48-31-30-45(49)53(47)54(46)48)42-27-22-35-12-7-8-18-41(35)32-42/h2*1-34H. The Bertz CT molecular complexity index is 7230. The van der Waals surface area contributed by atoms with Crippen LogP contribution in [0.15, 0.2) is 413 Å². The zero-order valence-electron chi connectivity index (χ0n) is 59.3.